The van der Waals surface area contributed by atoms with E-state index in [2.05, 4.69) is 9.97 Å². The van der Waals surface area contributed by atoms with Gasteiger partial charge in [-0.25, -0.2) is 14.2 Å². The number of carbonyl (C=O) groups excluding carboxylic acids is 1. The second-order valence-electron chi connectivity index (χ2n) is 11.0. The van der Waals surface area contributed by atoms with Crippen molar-refractivity contribution >= 4 is 29.7 Å². The van der Waals surface area contributed by atoms with E-state index in [1.165, 1.54) is 31.3 Å². The zero-order chi connectivity index (χ0) is 33.4. The number of amides is 1. The van der Waals surface area contributed by atoms with Crippen molar-refractivity contribution in [2.75, 3.05) is 32.3 Å². The highest BCUT2D eigenvalue weighted by molar-refractivity contribution is 6.03. The number of pyridine rings is 2. The van der Waals surface area contributed by atoms with Crippen molar-refractivity contribution in [2.45, 2.75) is 51.2 Å². The first-order valence-corrected chi connectivity index (χ1v) is 14.7. The molecule has 0 atom stereocenters. The van der Waals surface area contributed by atoms with Gasteiger partial charge in [0.25, 0.3) is 0 Å². The first-order valence-electron chi connectivity index (χ1n) is 14.7. The standard InChI is InChI=1S/C33H35F4N3O6/c1-20-8-7-11-23(39-20)13-12-21-14-26(33(35,36)37)30(38-17-21)46-29-15-25(32(42)43)28(16-27(29)34)40(24(18-44-2)19-45-3)31(41)22-9-5-4-6-10-22/h7-8,11-17,22,24H,4-6,9-10,18-19H2,1-3H3,(H,42,43)/b13-12+. The second-order valence-corrected chi connectivity index (χ2v) is 11.0. The van der Waals surface area contributed by atoms with E-state index in [1.54, 1.807) is 25.1 Å². The number of ether oxygens (including phenoxy) is 3. The number of halogens is 4. The van der Waals surface area contributed by atoms with Crippen molar-refractivity contribution in [3.05, 3.63) is 76.5 Å². The molecule has 1 aromatic carbocycles. The molecule has 4 rings (SSSR count). The average Bonchev–Trinajstić information content (AvgIpc) is 3.01. The maximum absolute atomic E-state index is 15.7. The Hall–Kier alpha value is -4.36. The van der Waals surface area contributed by atoms with E-state index in [0.29, 0.717) is 18.5 Å². The van der Waals surface area contributed by atoms with Crippen LogP contribution >= 0.6 is 0 Å². The van der Waals surface area contributed by atoms with E-state index in [9.17, 15) is 27.9 Å². The predicted octanol–water partition coefficient (Wildman–Crippen LogP) is 7.18. The van der Waals surface area contributed by atoms with E-state index in [-0.39, 0.29) is 24.5 Å². The van der Waals surface area contributed by atoms with Crippen molar-refractivity contribution in [1.82, 2.24) is 9.97 Å². The molecule has 2 heterocycles. The summed E-state index contributed by atoms with van der Waals surface area (Å²) in [5, 5.41) is 10.1. The summed E-state index contributed by atoms with van der Waals surface area (Å²) in [6.45, 7) is 1.67. The lowest BCUT2D eigenvalue weighted by atomic mass is 9.87. The number of carbonyl (C=O) groups is 2. The van der Waals surface area contributed by atoms with Crippen LogP contribution in [-0.4, -0.2) is 60.4 Å². The van der Waals surface area contributed by atoms with Crippen LogP contribution in [0, 0.1) is 18.7 Å². The SMILES string of the molecule is COCC(COC)N(C(=O)C1CCCCC1)c1cc(F)c(Oc2ncc(/C=C/c3cccc(C)n3)cc2C(F)(F)F)cc1C(=O)O. The molecular formula is C33H35F4N3O6. The zero-order valence-corrected chi connectivity index (χ0v) is 25.6. The number of rotatable bonds is 12. The third kappa shape index (κ3) is 8.46. The summed E-state index contributed by atoms with van der Waals surface area (Å²) in [4.78, 5) is 35.5. The van der Waals surface area contributed by atoms with E-state index in [4.69, 9.17) is 14.2 Å². The summed E-state index contributed by atoms with van der Waals surface area (Å²) in [6, 6.07) is 6.71. The molecule has 0 radical (unpaired) electrons. The maximum Gasteiger partial charge on any atom is 0.421 e. The number of aryl methyl sites for hydroxylation is 1. The van der Waals surface area contributed by atoms with Gasteiger partial charge in [0.2, 0.25) is 11.8 Å². The van der Waals surface area contributed by atoms with Gasteiger partial charge in [0.15, 0.2) is 11.6 Å². The van der Waals surface area contributed by atoms with Gasteiger partial charge in [-0.1, -0.05) is 31.4 Å². The highest BCUT2D eigenvalue weighted by Gasteiger charge is 2.38. The molecule has 2 aromatic heterocycles. The highest BCUT2D eigenvalue weighted by Crippen LogP contribution is 2.40. The van der Waals surface area contributed by atoms with Crippen LogP contribution in [-0.2, 0) is 20.4 Å². The van der Waals surface area contributed by atoms with Gasteiger partial charge in [0.05, 0.1) is 36.2 Å². The number of aromatic nitrogens is 2. The minimum absolute atomic E-state index is 0.0508. The summed E-state index contributed by atoms with van der Waals surface area (Å²) in [5.41, 5.74) is -0.835. The normalized spacial score (nSPS) is 14.2. The number of alkyl halides is 3. The lowest BCUT2D eigenvalue weighted by Gasteiger charge is -2.35. The quantitative estimate of drug-likeness (QED) is 0.206. The van der Waals surface area contributed by atoms with Crippen molar-refractivity contribution in [2.24, 2.45) is 5.92 Å². The van der Waals surface area contributed by atoms with Crippen LogP contribution in [0.3, 0.4) is 0 Å². The van der Waals surface area contributed by atoms with Crippen molar-refractivity contribution in [3.8, 4) is 11.6 Å². The molecule has 46 heavy (non-hydrogen) atoms. The molecule has 1 saturated carbocycles. The third-order valence-corrected chi connectivity index (χ3v) is 7.56. The molecule has 1 N–H and O–H groups in total. The third-order valence-electron chi connectivity index (χ3n) is 7.56. The van der Waals surface area contributed by atoms with Crippen LogP contribution < -0.4 is 9.64 Å². The molecule has 3 aromatic rings. The lowest BCUT2D eigenvalue weighted by Crippen LogP contribution is -2.49. The van der Waals surface area contributed by atoms with E-state index < -0.39 is 58.6 Å². The van der Waals surface area contributed by atoms with Gasteiger partial charge < -0.3 is 24.2 Å². The monoisotopic (exact) mass is 645 g/mol. The largest absolute Gasteiger partial charge is 0.478 e. The maximum atomic E-state index is 15.7. The molecule has 1 fully saturated rings. The van der Waals surface area contributed by atoms with Crippen LogP contribution in [0.2, 0.25) is 0 Å². The Bertz CT molecular complexity index is 1570. The summed E-state index contributed by atoms with van der Waals surface area (Å²) in [7, 11) is 2.79. The fourth-order valence-electron chi connectivity index (χ4n) is 5.40. The number of benzene rings is 1. The van der Waals surface area contributed by atoms with Gasteiger partial charge in [-0.15, -0.1) is 0 Å². The Morgan fingerprint density at radius 2 is 1.76 bits per heavy atom. The topological polar surface area (TPSA) is 111 Å². The molecule has 0 saturated heterocycles. The Balaban J connectivity index is 1.75. The predicted molar refractivity (Wildman–Crippen MR) is 162 cm³/mol. The van der Waals surface area contributed by atoms with Crippen LogP contribution in [0.5, 0.6) is 11.6 Å². The molecule has 246 valence electrons. The van der Waals surface area contributed by atoms with Gasteiger partial charge in [0, 0.05) is 44.2 Å². The Kier molecular flexibility index (Phi) is 11.5. The molecule has 0 spiro atoms. The fourth-order valence-corrected chi connectivity index (χ4v) is 5.40. The van der Waals surface area contributed by atoms with Gasteiger partial charge in [-0.3, -0.25) is 9.78 Å². The number of methoxy groups -OCH3 is 2. The number of carboxylic acids is 1. The molecule has 1 aliphatic rings. The molecule has 1 amide bonds. The zero-order valence-electron chi connectivity index (χ0n) is 25.6. The van der Waals surface area contributed by atoms with Gasteiger partial charge in [0.1, 0.15) is 5.56 Å². The van der Waals surface area contributed by atoms with Crippen LogP contribution in [0.1, 0.15) is 65.0 Å². The first kappa shape index (κ1) is 34.5. The van der Waals surface area contributed by atoms with Crippen molar-refractivity contribution < 1.29 is 46.5 Å². The number of hydrogen-bond acceptors (Lipinski definition) is 7. The van der Waals surface area contributed by atoms with E-state index in [1.807, 2.05) is 0 Å². The van der Waals surface area contributed by atoms with Crippen LogP contribution in [0.25, 0.3) is 12.2 Å². The Labute approximate surface area is 263 Å². The Morgan fingerprint density at radius 1 is 1.07 bits per heavy atom. The highest BCUT2D eigenvalue weighted by atomic mass is 19.4. The van der Waals surface area contributed by atoms with E-state index >= 15 is 4.39 Å². The average molecular weight is 646 g/mol. The van der Waals surface area contributed by atoms with Crippen molar-refractivity contribution in [3.63, 3.8) is 0 Å². The number of aromatic carboxylic acids is 1. The molecule has 0 unspecified atom stereocenters. The summed E-state index contributed by atoms with van der Waals surface area (Å²) >= 11 is 0. The minimum Gasteiger partial charge on any atom is -0.478 e. The van der Waals surface area contributed by atoms with Crippen LogP contribution in [0.15, 0.2) is 42.6 Å². The van der Waals surface area contributed by atoms with Crippen molar-refractivity contribution in [1.29, 1.82) is 0 Å². The fraction of sp³-hybridized carbons (Fsp3) is 0.394. The summed E-state index contributed by atoms with van der Waals surface area (Å²) in [6.07, 6.45) is 2.79. The number of anilines is 1. The molecule has 13 heteroatoms. The summed E-state index contributed by atoms with van der Waals surface area (Å²) in [5.74, 6) is -5.39. The van der Waals surface area contributed by atoms with Crippen LogP contribution in [0.4, 0.5) is 23.2 Å². The lowest BCUT2D eigenvalue weighted by molar-refractivity contribution is -0.139. The molecule has 9 nitrogen and oxygen atoms in total. The molecule has 0 aliphatic heterocycles. The smallest absolute Gasteiger partial charge is 0.421 e. The second kappa shape index (κ2) is 15.3. The first-order chi connectivity index (χ1) is 21.9. The minimum atomic E-state index is -4.95. The van der Waals surface area contributed by atoms with E-state index in [0.717, 1.165) is 49.4 Å². The molecule has 1 aliphatic carbocycles. The van der Waals surface area contributed by atoms with Gasteiger partial charge in [-0.2, -0.15) is 13.2 Å². The van der Waals surface area contributed by atoms with Gasteiger partial charge in [-0.05, 0) is 49.6 Å². The number of nitrogens with zero attached hydrogens (tertiary/aromatic N) is 3. The number of hydrogen-bond donors (Lipinski definition) is 1. The molecule has 0 bridgehead atoms. The van der Waals surface area contributed by atoms with Gasteiger partial charge >= 0.3 is 12.1 Å². The Morgan fingerprint density at radius 3 is 2.37 bits per heavy atom. The summed E-state index contributed by atoms with van der Waals surface area (Å²) < 4.78 is 73.9. The number of carboxylic acid groups (broad SMARTS) is 1. The molecular weight excluding hydrogens is 610 g/mol.